The second kappa shape index (κ2) is 10.1. The van der Waals surface area contributed by atoms with E-state index in [1.165, 1.54) is 11.3 Å². The predicted octanol–water partition coefficient (Wildman–Crippen LogP) is 5.34. The number of fused-ring (bicyclic) bond motifs is 1. The van der Waals surface area contributed by atoms with Crippen LogP contribution in [0.3, 0.4) is 0 Å². The summed E-state index contributed by atoms with van der Waals surface area (Å²) in [4.78, 5) is 22.2. The Morgan fingerprint density at radius 2 is 1.86 bits per heavy atom. The first kappa shape index (κ1) is 21.6. The number of anilines is 1. The third kappa shape index (κ3) is 5.07. The van der Waals surface area contributed by atoms with Gasteiger partial charge in [0.25, 0.3) is 5.91 Å². The number of hydrogen-bond donors (Lipinski definition) is 0. The van der Waals surface area contributed by atoms with Crippen LogP contribution in [0.25, 0.3) is 10.2 Å². The molecule has 154 valence electrons. The summed E-state index contributed by atoms with van der Waals surface area (Å²) in [6.07, 6.45) is 0. The number of carbonyl (C=O) groups is 1. The van der Waals surface area contributed by atoms with E-state index in [9.17, 15) is 4.79 Å². The van der Waals surface area contributed by atoms with E-state index in [-0.39, 0.29) is 5.91 Å². The van der Waals surface area contributed by atoms with Gasteiger partial charge in [0.2, 0.25) is 0 Å². The molecular weight excluding hydrogens is 406 g/mol. The Hall–Kier alpha value is -2.15. The van der Waals surface area contributed by atoms with E-state index in [0.717, 1.165) is 35.6 Å². The molecule has 0 bridgehead atoms. The molecule has 1 heterocycles. The minimum Gasteiger partial charge on any atom is -0.492 e. The molecule has 5 nitrogen and oxygen atoms in total. The van der Waals surface area contributed by atoms with Crippen molar-refractivity contribution in [2.24, 2.45) is 0 Å². The van der Waals surface area contributed by atoms with Gasteiger partial charge in [0.15, 0.2) is 5.13 Å². The van der Waals surface area contributed by atoms with Crippen LogP contribution in [0.5, 0.6) is 5.75 Å². The fraction of sp³-hybridized carbons (Fsp3) is 0.364. The summed E-state index contributed by atoms with van der Waals surface area (Å²) in [6, 6.07) is 12.9. The van der Waals surface area contributed by atoms with Crippen molar-refractivity contribution in [3.05, 3.63) is 53.1 Å². The number of amides is 1. The normalized spacial score (nSPS) is 11.2. The second-order valence-corrected chi connectivity index (χ2v) is 7.97. The van der Waals surface area contributed by atoms with Gasteiger partial charge in [-0.15, -0.1) is 0 Å². The Morgan fingerprint density at radius 3 is 2.55 bits per heavy atom. The van der Waals surface area contributed by atoms with Crippen molar-refractivity contribution in [3.63, 3.8) is 0 Å². The Kier molecular flexibility index (Phi) is 7.47. The molecule has 0 saturated heterocycles. The van der Waals surface area contributed by atoms with Gasteiger partial charge in [-0.05, 0) is 50.3 Å². The molecule has 29 heavy (non-hydrogen) atoms. The monoisotopic (exact) mass is 431 g/mol. The van der Waals surface area contributed by atoms with Crippen molar-refractivity contribution in [2.75, 3.05) is 37.7 Å². The zero-order valence-corrected chi connectivity index (χ0v) is 18.6. The molecule has 0 fully saturated rings. The van der Waals surface area contributed by atoms with Crippen molar-refractivity contribution in [2.45, 2.75) is 20.8 Å². The predicted molar refractivity (Wildman–Crippen MR) is 122 cm³/mol. The van der Waals surface area contributed by atoms with Gasteiger partial charge in [-0.1, -0.05) is 48.9 Å². The molecule has 1 amide bonds. The Balaban J connectivity index is 1.99. The highest BCUT2D eigenvalue weighted by atomic mass is 35.5. The number of nitrogens with zero attached hydrogens (tertiary/aromatic N) is 3. The standard InChI is InChI=1S/C22H26ClN3O2S/c1-4-25(5-2)13-14-26(21(27)16-9-7-10-17(23)15-16)22-24-20-18(28-6-3)11-8-12-19(20)29-22/h7-12,15H,4-6,13-14H2,1-3H3. The molecule has 2 aromatic carbocycles. The molecule has 7 heteroatoms. The molecule has 3 aromatic rings. The smallest absolute Gasteiger partial charge is 0.260 e. The van der Waals surface area contributed by atoms with Crippen LogP contribution < -0.4 is 9.64 Å². The summed E-state index contributed by atoms with van der Waals surface area (Å²) in [6.45, 7) is 9.96. The van der Waals surface area contributed by atoms with E-state index in [1.807, 2.05) is 25.1 Å². The number of thiazole rings is 1. The van der Waals surface area contributed by atoms with Gasteiger partial charge in [0.1, 0.15) is 11.3 Å². The maximum Gasteiger partial charge on any atom is 0.260 e. The second-order valence-electron chi connectivity index (χ2n) is 6.53. The summed E-state index contributed by atoms with van der Waals surface area (Å²) >= 11 is 7.63. The minimum atomic E-state index is -0.100. The minimum absolute atomic E-state index is 0.100. The molecule has 1 aromatic heterocycles. The summed E-state index contributed by atoms with van der Waals surface area (Å²) in [5, 5.41) is 1.21. The van der Waals surface area contributed by atoms with Crippen molar-refractivity contribution in [1.29, 1.82) is 0 Å². The van der Waals surface area contributed by atoms with Crippen molar-refractivity contribution < 1.29 is 9.53 Å². The van der Waals surface area contributed by atoms with Crippen LogP contribution in [-0.4, -0.2) is 48.6 Å². The third-order valence-electron chi connectivity index (χ3n) is 4.75. The number of hydrogen-bond acceptors (Lipinski definition) is 5. The molecule has 0 radical (unpaired) electrons. The van der Waals surface area contributed by atoms with Gasteiger partial charge in [-0.25, -0.2) is 4.98 Å². The van der Waals surface area contributed by atoms with E-state index in [1.54, 1.807) is 29.2 Å². The Bertz CT molecular complexity index is 972. The fourth-order valence-corrected chi connectivity index (χ4v) is 4.34. The molecule has 3 rings (SSSR count). The highest BCUT2D eigenvalue weighted by molar-refractivity contribution is 7.22. The maximum atomic E-state index is 13.4. The van der Waals surface area contributed by atoms with Crippen LogP contribution in [0.4, 0.5) is 5.13 Å². The average Bonchev–Trinajstić information content (AvgIpc) is 3.16. The lowest BCUT2D eigenvalue weighted by molar-refractivity contribution is 0.0983. The van der Waals surface area contributed by atoms with Crippen LogP contribution >= 0.6 is 22.9 Å². The molecular formula is C22H26ClN3O2S. The lowest BCUT2D eigenvalue weighted by Crippen LogP contribution is -2.38. The molecule has 0 spiro atoms. The van der Waals surface area contributed by atoms with E-state index in [0.29, 0.717) is 28.9 Å². The molecule has 0 N–H and O–H groups in total. The Labute approximate surface area is 180 Å². The van der Waals surface area contributed by atoms with Crippen LogP contribution in [-0.2, 0) is 0 Å². The van der Waals surface area contributed by atoms with Gasteiger partial charge >= 0.3 is 0 Å². The maximum absolute atomic E-state index is 13.4. The highest BCUT2D eigenvalue weighted by Crippen LogP contribution is 2.34. The molecule has 0 aliphatic carbocycles. The SMILES string of the molecule is CCOc1cccc2sc(N(CCN(CC)CC)C(=O)c3cccc(Cl)c3)nc12. The van der Waals surface area contributed by atoms with Gasteiger partial charge in [0.05, 0.1) is 11.3 Å². The van der Waals surface area contributed by atoms with Crippen molar-refractivity contribution >= 4 is 44.2 Å². The van der Waals surface area contributed by atoms with Crippen molar-refractivity contribution in [3.8, 4) is 5.75 Å². The van der Waals surface area contributed by atoms with E-state index in [4.69, 9.17) is 21.3 Å². The molecule has 0 aliphatic rings. The third-order valence-corrected chi connectivity index (χ3v) is 6.03. The number of para-hydroxylation sites is 1. The molecule has 0 aliphatic heterocycles. The van der Waals surface area contributed by atoms with E-state index in [2.05, 4.69) is 18.7 Å². The lowest BCUT2D eigenvalue weighted by Gasteiger charge is -2.24. The number of likely N-dealkylation sites (N-methyl/N-ethyl adjacent to an activating group) is 1. The topological polar surface area (TPSA) is 45.7 Å². The number of benzene rings is 2. The van der Waals surface area contributed by atoms with Crippen LogP contribution in [0.15, 0.2) is 42.5 Å². The van der Waals surface area contributed by atoms with Gasteiger partial charge in [0, 0.05) is 23.7 Å². The molecule has 0 unspecified atom stereocenters. The fourth-order valence-electron chi connectivity index (χ4n) is 3.14. The summed E-state index contributed by atoms with van der Waals surface area (Å²) < 4.78 is 6.72. The van der Waals surface area contributed by atoms with Gasteiger partial charge in [-0.3, -0.25) is 9.69 Å². The van der Waals surface area contributed by atoms with E-state index >= 15 is 0 Å². The quantitative estimate of drug-likeness (QED) is 0.459. The molecule has 0 saturated carbocycles. The number of ether oxygens (including phenoxy) is 1. The first-order chi connectivity index (χ1) is 14.1. The van der Waals surface area contributed by atoms with Crippen LogP contribution in [0.2, 0.25) is 5.02 Å². The summed E-state index contributed by atoms with van der Waals surface area (Å²) in [5.74, 6) is 0.642. The Morgan fingerprint density at radius 1 is 1.10 bits per heavy atom. The first-order valence-corrected chi connectivity index (χ1v) is 11.1. The number of rotatable bonds is 9. The zero-order valence-electron chi connectivity index (χ0n) is 17.0. The van der Waals surface area contributed by atoms with E-state index < -0.39 is 0 Å². The largest absolute Gasteiger partial charge is 0.492 e. The molecule has 0 atom stereocenters. The lowest BCUT2D eigenvalue weighted by atomic mass is 10.2. The highest BCUT2D eigenvalue weighted by Gasteiger charge is 2.23. The zero-order chi connectivity index (χ0) is 20.8. The van der Waals surface area contributed by atoms with Gasteiger partial charge in [-0.2, -0.15) is 0 Å². The number of carbonyl (C=O) groups excluding carboxylic acids is 1. The number of aromatic nitrogens is 1. The van der Waals surface area contributed by atoms with Crippen LogP contribution in [0, 0.1) is 0 Å². The summed E-state index contributed by atoms with van der Waals surface area (Å²) in [7, 11) is 0. The first-order valence-electron chi connectivity index (χ1n) is 9.89. The van der Waals surface area contributed by atoms with Gasteiger partial charge < -0.3 is 9.64 Å². The van der Waals surface area contributed by atoms with Crippen molar-refractivity contribution in [1.82, 2.24) is 9.88 Å². The van der Waals surface area contributed by atoms with Crippen LogP contribution in [0.1, 0.15) is 31.1 Å². The average molecular weight is 432 g/mol. The summed E-state index contributed by atoms with van der Waals surface area (Å²) in [5.41, 5.74) is 1.35. The number of halogens is 1.